The first-order valence-electron chi connectivity index (χ1n) is 5.85. The van der Waals surface area contributed by atoms with E-state index in [2.05, 4.69) is 0 Å². The number of hydrogen-bond acceptors (Lipinski definition) is 4. The average Bonchev–Trinajstić information content (AvgIpc) is 2.85. The summed E-state index contributed by atoms with van der Waals surface area (Å²) < 4.78 is 11.8. The molecule has 0 aromatic heterocycles. The highest BCUT2D eigenvalue weighted by Crippen LogP contribution is 2.39. The van der Waals surface area contributed by atoms with E-state index in [9.17, 15) is 0 Å². The molecular weight excluding hydrogens is 212 g/mol. The van der Waals surface area contributed by atoms with Crippen molar-refractivity contribution in [3.8, 4) is 0 Å². The Morgan fingerprint density at radius 2 is 2.13 bits per heavy atom. The zero-order chi connectivity index (χ0) is 10.6. The number of aliphatic hydroxyl groups excluding tert-OH is 1. The average molecular weight is 232 g/mol. The summed E-state index contributed by atoms with van der Waals surface area (Å²) in [4.78, 5) is 0. The molecule has 1 saturated carbocycles. The lowest BCUT2D eigenvalue weighted by Gasteiger charge is -2.21. The second-order valence-corrected chi connectivity index (χ2v) is 5.47. The maximum absolute atomic E-state index is 8.66. The van der Waals surface area contributed by atoms with E-state index in [0.717, 1.165) is 37.4 Å². The van der Waals surface area contributed by atoms with Gasteiger partial charge in [-0.1, -0.05) is 0 Å². The highest BCUT2D eigenvalue weighted by atomic mass is 32.2. The maximum Gasteiger partial charge on any atom is 0.168 e. The third-order valence-electron chi connectivity index (χ3n) is 3.03. The fourth-order valence-electron chi connectivity index (χ4n) is 2.26. The van der Waals surface area contributed by atoms with Gasteiger partial charge in [-0.25, -0.2) is 0 Å². The van der Waals surface area contributed by atoms with Gasteiger partial charge in [-0.2, -0.15) is 11.8 Å². The van der Waals surface area contributed by atoms with E-state index in [-0.39, 0.29) is 11.9 Å². The minimum atomic E-state index is -0.206. The summed E-state index contributed by atoms with van der Waals surface area (Å²) in [7, 11) is 0. The van der Waals surface area contributed by atoms with Crippen molar-refractivity contribution in [2.24, 2.45) is 0 Å². The van der Waals surface area contributed by atoms with Gasteiger partial charge in [0.1, 0.15) is 0 Å². The lowest BCUT2D eigenvalue weighted by molar-refractivity contribution is -0.159. The van der Waals surface area contributed by atoms with Crippen LogP contribution in [0.4, 0.5) is 0 Å². The second-order valence-electron chi connectivity index (χ2n) is 4.32. The molecule has 2 fully saturated rings. The molecule has 1 aliphatic heterocycles. The van der Waals surface area contributed by atoms with E-state index in [0.29, 0.717) is 6.61 Å². The van der Waals surface area contributed by atoms with E-state index in [1.807, 2.05) is 11.8 Å². The van der Waals surface area contributed by atoms with Crippen LogP contribution < -0.4 is 0 Å². The lowest BCUT2D eigenvalue weighted by atomic mass is 10.2. The molecule has 0 amide bonds. The van der Waals surface area contributed by atoms with Crippen LogP contribution in [0.15, 0.2) is 0 Å². The van der Waals surface area contributed by atoms with Gasteiger partial charge >= 0.3 is 0 Å². The Kier molecular flexibility index (Phi) is 4.31. The Morgan fingerprint density at radius 1 is 1.33 bits per heavy atom. The van der Waals surface area contributed by atoms with E-state index >= 15 is 0 Å². The van der Waals surface area contributed by atoms with Crippen molar-refractivity contribution in [3.05, 3.63) is 0 Å². The van der Waals surface area contributed by atoms with Crippen molar-refractivity contribution >= 4 is 11.8 Å². The smallest absolute Gasteiger partial charge is 0.168 e. The summed E-state index contributed by atoms with van der Waals surface area (Å²) >= 11 is 1.85. The Hall–Kier alpha value is 0.230. The predicted molar refractivity (Wildman–Crippen MR) is 61.1 cm³/mol. The molecule has 0 radical (unpaired) electrons. The van der Waals surface area contributed by atoms with Gasteiger partial charge in [0.25, 0.3) is 0 Å². The molecule has 1 saturated heterocycles. The van der Waals surface area contributed by atoms with Crippen molar-refractivity contribution in [2.45, 2.75) is 44.0 Å². The summed E-state index contributed by atoms with van der Waals surface area (Å²) in [5, 5.41) is 8.66. The van der Waals surface area contributed by atoms with Gasteiger partial charge in [-0.05, 0) is 25.0 Å². The number of thioether (sulfide) groups is 1. The van der Waals surface area contributed by atoms with E-state index in [4.69, 9.17) is 14.6 Å². The minimum Gasteiger partial charge on any atom is -0.396 e. The minimum absolute atomic E-state index is 0.206. The molecule has 1 unspecified atom stereocenters. The molecule has 1 aliphatic carbocycles. The van der Waals surface area contributed by atoms with Crippen LogP contribution in [0.5, 0.6) is 0 Å². The van der Waals surface area contributed by atoms with Crippen LogP contribution in [0.1, 0.15) is 32.1 Å². The Bertz CT molecular complexity index is 192. The molecule has 4 heteroatoms. The van der Waals surface area contributed by atoms with Gasteiger partial charge < -0.3 is 14.6 Å². The molecule has 15 heavy (non-hydrogen) atoms. The molecular formula is C11H20O3S. The van der Waals surface area contributed by atoms with Gasteiger partial charge in [0.15, 0.2) is 5.79 Å². The first-order chi connectivity index (χ1) is 7.35. The molecule has 2 rings (SSSR count). The van der Waals surface area contributed by atoms with Gasteiger partial charge in [-0.3, -0.25) is 0 Å². The van der Waals surface area contributed by atoms with Crippen LogP contribution in [0.25, 0.3) is 0 Å². The number of aliphatic hydroxyl groups is 1. The monoisotopic (exact) mass is 232 g/mol. The Morgan fingerprint density at radius 3 is 2.87 bits per heavy atom. The van der Waals surface area contributed by atoms with Gasteiger partial charge in [0, 0.05) is 25.2 Å². The van der Waals surface area contributed by atoms with Crippen LogP contribution in [0.3, 0.4) is 0 Å². The first kappa shape index (κ1) is 11.7. The third kappa shape index (κ3) is 3.09. The van der Waals surface area contributed by atoms with Crippen LogP contribution in [-0.2, 0) is 9.47 Å². The van der Waals surface area contributed by atoms with Crippen LogP contribution in [0, 0.1) is 0 Å². The van der Waals surface area contributed by atoms with Gasteiger partial charge in [0.2, 0.25) is 0 Å². The SMILES string of the molecule is OCCCSCC1COC2(CCCC2)O1. The first-order valence-corrected chi connectivity index (χ1v) is 7.00. The molecule has 0 aromatic rings. The summed E-state index contributed by atoms with van der Waals surface area (Å²) in [6.45, 7) is 1.05. The zero-order valence-corrected chi connectivity index (χ0v) is 9.93. The zero-order valence-electron chi connectivity index (χ0n) is 9.11. The van der Waals surface area contributed by atoms with E-state index in [1.165, 1.54) is 12.8 Å². The van der Waals surface area contributed by atoms with E-state index < -0.39 is 0 Å². The Balaban J connectivity index is 1.64. The number of ether oxygens (including phenoxy) is 2. The topological polar surface area (TPSA) is 38.7 Å². The molecule has 1 N–H and O–H groups in total. The van der Waals surface area contributed by atoms with Gasteiger partial charge in [0.05, 0.1) is 12.7 Å². The highest BCUT2D eigenvalue weighted by molar-refractivity contribution is 7.99. The van der Waals surface area contributed by atoms with Crippen LogP contribution in [-0.4, -0.2) is 41.7 Å². The molecule has 1 spiro atoms. The fraction of sp³-hybridized carbons (Fsp3) is 1.00. The van der Waals surface area contributed by atoms with Gasteiger partial charge in [-0.15, -0.1) is 0 Å². The van der Waals surface area contributed by atoms with E-state index in [1.54, 1.807) is 0 Å². The standard InChI is InChI=1S/C11H20O3S/c12-6-3-7-15-9-10-8-13-11(14-10)4-1-2-5-11/h10,12H,1-9H2. The van der Waals surface area contributed by atoms with Crippen molar-refractivity contribution in [2.75, 3.05) is 24.7 Å². The van der Waals surface area contributed by atoms with Crippen molar-refractivity contribution in [1.82, 2.24) is 0 Å². The fourth-order valence-corrected chi connectivity index (χ4v) is 3.18. The molecule has 88 valence electrons. The Labute approximate surface area is 95.5 Å². The van der Waals surface area contributed by atoms with Crippen molar-refractivity contribution in [1.29, 1.82) is 0 Å². The number of rotatable bonds is 5. The summed E-state index contributed by atoms with van der Waals surface area (Å²) in [6.07, 6.45) is 5.78. The molecule has 0 bridgehead atoms. The van der Waals surface area contributed by atoms with Crippen molar-refractivity contribution < 1.29 is 14.6 Å². The summed E-state index contributed by atoms with van der Waals surface area (Å²) in [5.74, 6) is 1.81. The molecule has 3 nitrogen and oxygen atoms in total. The largest absolute Gasteiger partial charge is 0.396 e. The van der Waals surface area contributed by atoms with Crippen LogP contribution >= 0.6 is 11.8 Å². The maximum atomic E-state index is 8.66. The molecule has 0 aromatic carbocycles. The summed E-state index contributed by atoms with van der Waals surface area (Å²) in [5.41, 5.74) is 0. The quantitative estimate of drug-likeness (QED) is 0.733. The molecule has 1 heterocycles. The normalized spacial score (nSPS) is 29.0. The van der Waals surface area contributed by atoms with Crippen LogP contribution in [0.2, 0.25) is 0 Å². The molecule has 1 atom stereocenters. The number of hydrogen-bond donors (Lipinski definition) is 1. The highest BCUT2D eigenvalue weighted by Gasteiger charge is 2.43. The second kappa shape index (κ2) is 5.53. The summed E-state index contributed by atoms with van der Waals surface area (Å²) in [6, 6.07) is 0. The molecule has 2 aliphatic rings. The lowest BCUT2D eigenvalue weighted by Crippen LogP contribution is -2.27. The predicted octanol–water partition coefficient (Wildman–Crippen LogP) is 1.79. The third-order valence-corrected chi connectivity index (χ3v) is 4.21. The van der Waals surface area contributed by atoms with Crippen molar-refractivity contribution in [3.63, 3.8) is 0 Å².